The molecule has 2 nitrogen and oxygen atoms in total. The molecule has 4 heteroatoms. The van der Waals surface area contributed by atoms with Gasteiger partial charge in [0.1, 0.15) is 0 Å². The topological polar surface area (TPSA) is 34.1 Å². The Morgan fingerprint density at radius 1 is 0.650 bits per heavy atom. The van der Waals surface area contributed by atoms with Gasteiger partial charge in [0.05, 0.1) is 4.90 Å². The second-order valence-electron chi connectivity index (χ2n) is 4.93. The van der Waals surface area contributed by atoms with E-state index in [4.69, 9.17) is 10.7 Å². The maximum absolute atomic E-state index is 12.1. The van der Waals surface area contributed by atoms with Crippen molar-refractivity contribution in [1.29, 1.82) is 0 Å². The van der Waals surface area contributed by atoms with E-state index in [-0.39, 0.29) is 0 Å². The largest absolute Gasteiger partial charge is 0.261 e. The third-order valence-electron chi connectivity index (χ3n) is 4.02. The molecule has 1 rings (SSSR count). The van der Waals surface area contributed by atoms with Gasteiger partial charge in [-0.15, -0.1) is 0 Å². The molecule has 1 aromatic carbocycles. The Labute approximate surface area is 128 Å². The standard InChI is InChI=1S/C16H25ClO2S/c1-6-11-12(7-2)14(9-4)16(20(17,18)19)15(10-5)13(11)8-3/h6-10H2,1-5H3. The fourth-order valence-electron chi connectivity index (χ4n) is 3.33. The molecule has 0 spiro atoms. The smallest absolute Gasteiger partial charge is 0.207 e. The van der Waals surface area contributed by atoms with Crippen LogP contribution in [-0.4, -0.2) is 8.42 Å². The molecule has 0 fully saturated rings. The summed E-state index contributed by atoms with van der Waals surface area (Å²) in [6, 6.07) is 0. The fraction of sp³-hybridized carbons (Fsp3) is 0.625. The van der Waals surface area contributed by atoms with E-state index in [9.17, 15) is 8.42 Å². The van der Waals surface area contributed by atoms with Crippen LogP contribution in [0.4, 0.5) is 0 Å². The molecule has 0 aliphatic carbocycles. The molecule has 0 heterocycles. The Morgan fingerprint density at radius 3 is 1.10 bits per heavy atom. The summed E-state index contributed by atoms with van der Waals surface area (Å²) >= 11 is 0. The Bertz CT molecular complexity index is 556. The number of hydrogen-bond acceptors (Lipinski definition) is 2. The van der Waals surface area contributed by atoms with Crippen LogP contribution >= 0.6 is 10.7 Å². The molecule has 114 valence electrons. The predicted molar refractivity (Wildman–Crippen MR) is 86.4 cm³/mol. The first kappa shape index (κ1) is 17.5. The molecule has 0 saturated carbocycles. The summed E-state index contributed by atoms with van der Waals surface area (Å²) in [5.74, 6) is 0. The number of hydrogen-bond donors (Lipinski definition) is 0. The molecule has 0 amide bonds. The zero-order valence-electron chi connectivity index (χ0n) is 13.1. The van der Waals surface area contributed by atoms with Crippen molar-refractivity contribution in [3.05, 3.63) is 27.8 Å². The van der Waals surface area contributed by atoms with Crippen molar-refractivity contribution < 1.29 is 8.42 Å². The minimum atomic E-state index is -3.71. The SMILES string of the molecule is CCc1c(CC)c(CC)c(S(=O)(=O)Cl)c(CC)c1CC. The van der Waals surface area contributed by atoms with E-state index in [1.54, 1.807) is 0 Å². The minimum Gasteiger partial charge on any atom is -0.207 e. The number of benzene rings is 1. The van der Waals surface area contributed by atoms with Crippen LogP contribution in [0.5, 0.6) is 0 Å². The molecule has 0 radical (unpaired) electrons. The summed E-state index contributed by atoms with van der Waals surface area (Å²) < 4.78 is 24.2. The second kappa shape index (κ2) is 6.95. The summed E-state index contributed by atoms with van der Waals surface area (Å²) in [5, 5.41) is 0. The maximum Gasteiger partial charge on any atom is 0.261 e. The van der Waals surface area contributed by atoms with Gasteiger partial charge in [0.25, 0.3) is 9.05 Å². The van der Waals surface area contributed by atoms with Crippen molar-refractivity contribution in [3.8, 4) is 0 Å². The van der Waals surface area contributed by atoms with Crippen LogP contribution in [0.3, 0.4) is 0 Å². The summed E-state index contributed by atoms with van der Waals surface area (Å²) in [6.07, 6.45) is 4.05. The van der Waals surface area contributed by atoms with Crippen LogP contribution in [0.15, 0.2) is 4.90 Å². The lowest BCUT2D eigenvalue weighted by molar-refractivity contribution is 0.606. The number of rotatable bonds is 6. The summed E-state index contributed by atoms with van der Waals surface area (Å²) in [7, 11) is 2.05. The molecular weight excluding hydrogens is 292 g/mol. The summed E-state index contributed by atoms with van der Waals surface area (Å²) in [5.41, 5.74) is 5.54. The first-order valence-corrected chi connectivity index (χ1v) is 9.80. The van der Waals surface area contributed by atoms with Gasteiger partial charge >= 0.3 is 0 Å². The quantitative estimate of drug-likeness (QED) is 0.728. The normalized spacial score (nSPS) is 11.9. The van der Waals surface area contributed by atoms with E-state index in [0.29, 0.717) is 17.7 Å². The van der Waals surface area contributed by atoms with Crippen LogP contribution in [0.1, 0.15) is 62.4 Å². The molecular formula is C16H25ClO2S. The van der Waals surface area contributed by atoms with Gasteiger partial charge in [-0.2, -0.15) is 0 Å². The van der Waals surface area contributed by atoms with E-state index >= 15 is 0 Å². The Balaban J connectivity index is 4.01. The van der Waals surface area contributed by atoms with E-state index in [2.05, 4.69) is 20.8 Å². The Morgan fingerprint density at radius 2 is 0.900 bits per heavy atom. The molecule has 20 heavy (non-hydrogen) atoms. The zero-order chi connectivity index (χ0) is 15.5. The lowest BCUT2D eigenvalue weighted by atomic mass is 9.86. The van der Waals surface area contributed by atoms with Gasteiger partial charge in [-0.05, 0) is 59.9 Å². The average Bonchev–Trinajstić information content (AvgIpc) is 2.42. The highest BCUT2D eigenvalue weighted by atomic mass is 35.7. The monoisotopic (exact) mass is 316 g/mol. The van der Waals surface area contributed by atoms with Crippen molar-refractivity contribution in [2.45, 2.75) is 71.6 Å². The summed E-state index contributed by atoms with van der Waals surface area (Å²) in [6.45, 7) is 10.3. The molecule has 0 aliphatic heterocycles. The van der Waals surface area contributed by atoms with Gasteiger partial charge in [0.2, 0.25) is 0 Å². The van der Waals surface area contributed by atoms with Crippen molar-refractivity contribution >= 4 is 19.7 Å². The van der Waals surface area contributed by atoms with E-state index in [1.165, 1.54) is 16.7 Å². The van der Waals surface area contributed by atoms with Crippen molar-refractivity contribution in [2.24, 2.45) is 0 Å². The predicted octanol–water partition coefficient (Wildman–Crippen LogP) is 4.43. The molecule has 0 atom stereocenters. The van der Waals surface area contributed by atoms with Crippen molar-refractivity contribution in [2.75, 3.05) is 0 Å². The van der Waals surface area contributed by atoms with Gasteiger partial charge in [0, 0.05) is 10.7 Å². The maximum atomic E-state index is 12.1. The molecule has 0 N–H and O–H groups in total. The highest BCUT2D eigenvalue weighted by molar-refractivity contribution is 8.13. The second-order valence-corrected chi connectivity index (χ2v) is 7.43. The van der Waals surface area contributed by atoms with E-state index in [0.717, 1.165) is 30.4 Å². The molecule has 0 aliphatic rings. The van der Waals surface area contributed by atoms with Crippen LogP contribution < -0.4 is 0 Å². The molecule has 0 unspecified atom stereocenters. The van der Waals surface area contributed by atoms with Gasteiger partial charge in [0.15, 0.2) is 0 Å². The van der Waals surface area contributed by atoms with Crippen molar-refractivity contribution in [3.63, 3.8) is 0 Å². The van der Waals surface area contributed by atoms with Gasteiger partial charge in [-0.3, -0.25) is 0 Å². The van der Waals surface area contributed by atoms with Gasteiger partial charge < -0.3 is 0 Å². The molecule has 0 saturated heterocycles. The van der Waals surface area contributed by atoms with Crippen LogP contribution in [0.25, 0.3) is 0 Å². The Kier molecular flexibility index (Phi) is 6.08. The highest BCUT2D eigenvalue weighted by Crippen LogP contribution is 2.35. The van der Waals surface area contributed by atoms with Crippen LogP contribution in [-0.2, 0) is 41.2 Å². The summed E-state index contributed by atoms with van der Waals surface area (Å²) in [4.78, 5) is 0.384. The van der Waals surface area contributed by atoms with Crippen LogP contribution in [0, 0.1) is 0 Å². The molecule has 0 aromatic heterocycles. The first-order chi connectivity index (χ1) is 9.37. The van der Waals surface area contributed by atoms with Crippen LogP contribution in [0.2, 0.25) is 0 Å². The molecule has 0 bridgehead atoms. The molecule has 1 aromatic rings. The average molecular weight is 317 g/mol. The first-order valence-electron chi connectivity index (χ1n) is 7.50. The third-order valence-corrected chi connectivity index (χ3v) is 5.46. The van der Waals surface area contributed by atoms with Gasteiger partial charge in [-0.1, -0.05) is 34.6 Å². The van der Waals surface area contributed by atoms with Crippen molar-refractivity contribution in [1.82, 2.24) is 0 Å². The third kappa shape index (κ3) is 3.04. The lowest BCUT2D eigenvalue weighted by Crippen LogP contribution is -2.13. The highest BCUT2D eigenvalue weighted by Gasteiger charge is 2.26. The zero-order valence-corrected chi connectivity index (χ0v) is 14.7. The Hall–Kier alpha value is -0.540. The number of halogens is 1. The van der Waals surface area contributed by atoms with E-state index in [1.807, 2.05) is 13.8 Å². The minimum absolute atomic E-state index is 0.384. The van der Waals surface area contributed by atoms with E-state index < -0.39 is 9.05 Å². The fourth-order valence-corrected chi connectivity index (χ4v) is 5.01. The lowest BCUT2D eigenvalue weighted by Gasteiger charge is -2.23. The van der Waals surface area contributed by atoms with Gasteiger partial charge in [-0.25, -0.2) is 8.42 Å².